The van der Waals surface area contributed by atoms with E-state index in [1.54, 1.807) is 42.5 Å². The highest BCUT2D eigenvalue weighted by atomic mass is 35.5. The van der Waals surface area contributed by atoms with Gasteiger partial charge in [0.2, 0.25) is 0 Å². The van der Waals surface area contributed by atoms with Gasteiger partial charge < -0.3 is 10.1 Å². The van der Waals surface area contributed by atoms with E-state index >= 15 is 0 Å². The molecular weight excluding hydrogens is 358 g/mol. The first kappa shape index (κ1) is 19.3. The maximum Gasteiger partial charge on any atom is 0.269 e. The highest BCUT2D eigenvalue weighted by Crippen LogP contribution is 2.17. The van der Waals surface area contributed by atoms with Gasteiger partial charge in [-0.3, -0.25) is 25.2 Å². The molecule has 7 nitrogen and oxygen atoms in total. The van der Waals surface area contributed by atoms with Crippen molar-refractivity contribution in [2.24, 2.45) is 0 Å². The van der Waals surface area contributed by atoms with E-state index in [4.69, 9.17) is 16.3 Å². The van der Waals surface area contributed by atoms with Crippen molar-refractivity contribution in [2.75, 3.05) is 13.2 Å². The van der Waals surface area contributed by atoms with Gasteiger partial charge >= 0.3 is 0 Å². The van der Waals surface area contributed by atoms with Crippen LogP contribution in [0, 0.1) is 0 Å². The van der Waals surface area contributed by atoms with Crippen LogP contribution in [0.3, 0.4) is 0 Å². The molecule has 0 aliphatic carbocycles. The SMILES string of the molecule is CCOc1ccccc1C(=O)NCC(=O)NNC(=O)c1cccc(Cl)c1. The number of carbonyl (C=O) groups excluding carboxylic acids is 3. The summed E-state index contributed by atoms with van der Waals surface area (Å²) in [5.74, 6) is -1.12. The second kappa shape index (κ2) is 9.43. The van der Waals surface area contributed by atoms with Crippen molar-refractivity contribution < 1.29 is 19.1 Å². The minimum atomic E-state index is -0.581. The van der Waals surface area contributed by atoms with Gasteiger partial charge in [0, 0.05) is 10.6 Å². The number of benzene rings is 2. The number of halogens is 1. The number of hydrogen-bond donors (Lipinski definition) is 3. The van der Waals surface area contributed by atoms with Crippen molar-refractivity contribution >= 4 is 29.3 Å². The van der Waals surface area contributed by atoms with Crippen LogP contribution in [0.15, 0.2) is 48.5 Å². The Morgan fingerprint density at radius 2 is 1.77 bits per heavy atom. The third-order valence-corrected chi connectivity index (χ3v) is 3.48. The van der Waals surface area contributed by atoms with Crippen molar-refractivity contribution in [1.82, 2.24) is 16.2 Å². The Morgan fingerprint density at radius 3 is 2.50 bits per heavy atom. The van der Waals surface area contributed by atoms with Crippen LogP contribution >= 0.6 is 11.6 Å². The lowest BCUT2D eigenvalue weighted by Gasteiger charge is -2.11. The molecule has 0 aromatic heterocycles. The van der Waals surface area contributed by atoms with Gasteiger partial charge in [-0.05, 0) is 37.3 Å². The molecule has 0 heterocycles. The molecule has 0 spiro atoms. The summed E-state index contributed by atoms with van der Waals surface area (Å²) in [5, 5.41) is 2.87. The van der Waals surface area contributed by atoms with Crippen LogP contribution in [0.5, 0.6) is 5.75 Å². The number of carbonyl (C=O) groups is 3. The van der Waals surface area contributed by atoms with E-state index in [2.05, 4.69) is 16.2 Å². The molecule has 136 valence electrons. The smallest absolute Gasteiger partial charge is 0.269 e. The van der Waals surface area contributed by atoms with E-state index in [0.29, 0.717) is 28.5 Å². The zero-order valence-electron chi connectivity index (χ0n) is 14.0. The normalized spacial score (nSPS) is 9.92. The van der Waals surface area contributed by atoms with E-state index in [1.807, 2.05) is 6.92 Å². The Kier molecular flexibility index (Phi) is 6.99. The molecule has 0 aliphatic rings. The van der Waals surface area contributed by atoms with Gasteiger partial charge in [0.25, 0.3) is 17.7 Å². The van der Waals surface area contributed by atoms with Gasteiger partial charge in [0.05, 0.1) is 18.7 Å². The molecule has 0 fully saturated rings. The molecule has 2 rings (SSSR count). The molecule has 0 saturated carbocycles. The summed E-state index contributed by atoms with van der Waals surface area (Å²) in [5.41, 5.74) is 5.09. The lowest BCUT2D eigenvalue weighted by Crippen LogP contribution is -2.46. The van der Waals surface area contributed by atoms with Crippen LogP contribution in [0.25, 0.3) is 0 Å². The summed E-state index contributed by atoms with van der Waals surface area (Å²) >= 11 is 5.80. The van der Waals surface area contributed by atoms with Crippen LogP contribution in [-0.2, 0) is 4.79 Å². The maximum absolute atomic E-state index is 12.2. The van der Waals surface area contributed by atoms with E-state index in [9.17, 15) is 14.4 Å². The van der Waals surface area contributed by atoms with Gasteiger partial charge in [-0.1, -0.05) is 29.8 Å². The van der Waals surface area contributed by atoms with Gasteiger partial charge in [-0.2, -0.15) is 0 Å². The minimum Gasteiger partial charge on any atom is -0.493 e. The van der Waals surface area contributed by atoms with Crippen LogP contribution in [0.2, 0.25) is 5.02 Å². The first-order valence-electron chi connectivity index (χ1n) is 7.86. The molecule has 3 amide bonds. The third kappa shape index (κ3) is 5.49. The standard InChI is InChI=1S/C18H18ClN3O4/c1-2-26-15-9-4-3-8-14(15)18(25)20-11-16(23)21-22-17(24)12-6-5-7-13(19)10-12/h3-10H,2,11H2,1H3,(H,20,25)(H,21,23)(H,22,24). The highest BCUT2D eigenvalue weighted by Gasteiger charge is 2.13. The summed E-state index contributed by atoms with van der Waals surface area (Å²) in [6.45, 7) is 1.92. The van der Waals surface area contributed by atoms with Crippen molar-refractivity contribution in [3.8, 4) is 5.75 Å². The highest BCUT2D eigenvalue weighted by molar-refractivity contribution is 6.30. The first-order chi connectivity index (χ1) is 12.5. The summed E-state index contributed by atoms with van der Waals surface area (Å²) in [7, 11) is 0. The number of hydrazine groups is 1. The molecule has 0 unspecified atom stereocenters. The van der Waals surface area contributed by atoms with Crippen LogP contribution in [-0.4, -0.2) is 30.9 Å². The second-order valence-corrected chi connectivity index (χ2v) is 5.56. The van der Waals surface area contributed by atoms with Gasteiger partial charge in [0.1, 0.15) is 5.75 Å². The molecular formula is C18H18ClN3O4. The Labute approximate surface area is 155 Å². The zero-order chi connectivity index (χ0) is 18.9. The zero-order valence-corrected chi connectivity index (χ0v) is 14.8. The number of para-hydroxylation sites is 1. The summed E-state index contributed by atoms with van der Waals surface area (Å²) in [4.78, 5) is 35.9. The van der Waals surface area contributed by atoms with Crippen molar-refractivity contribution in [2.45, 2.75) is 6.92 Å². The molecule has 26 heavy (non-hydrogen) atoms. The van der Waals surface area contributed by atoms with Crippen molar-refractivity contribution in [3.05, 3.63) is 64.7 Å². The number of hydrogen-bond acceptors (Lipinski definition) is 4. The van der Waals surface area contributed by atoms with Crippen LogP contribution in [0.4, 0.5) is 0 Å². The van der Waals surface area contributed by atoms with Gasteiger partial charge in [-0.25, -0.2) is 0 Å². The quantitative estimate of drug-likeness (QED) is 0.672. The maximum atomic E-state index is 12.2. The average molecular weight is 376 g/mol. The fraction of sp³-hybridized carbons (Fsp3) is 0.167. The molecule has 0 radical (unpaired) electrons. The number of ether oxygens (including phenoxy) is 1. The fourth-order valence-electron chi connectivity index (χ4n) is 2.06. The van der Waals surface area contributed by atoms with Crippen molar-refractivity contribution in [1.29, 1.82) is 0 Å². The molecule has 0 bridgehead atoms. The largest absolute Gasteiger partial charge is 0.493 e. The Hall–Kier alpha value is -3.06. The molecule has 0 aliphatic heterocycles. The van der Waals surface area contributed by atoms with E-state index in [0.717, 1.165) is 0 Å². The fourth-order valence-corrected chi connectivity index (χ4v) is 2.25. The number of nitrogens with one attached hydrogen (secondary N) is 3. The summed E-state index contributed by atoms with van der Waals surface area (Å²) < 4.78 is 5.37. The van der Waals surface area contributed by atoms with E-state index in [-0.39, 0.29) is 6.54 Å². The predicted molar refractivity (Wildman–Crippen MR) is 97.0 cm³/mol. The monoisotopic (exact) mass is 375 g/mol. The lowest BCUT2D eigenvalue weighted by molar-refractivity contribution is -0.120. The van der Waals surface area contributed by atoms with Gasteiger partial charge in [-0.15, -0.1) is 0 Å². The van der Waals surface area contributed by atoms with Crippen LogP contribution < -0.4 is 20.9 Å². The predicted octanol–water partition coefficient (Wildman–Crippen LogP) is 1.93. The second-order valence-electron chi connectivity index (χ2n) is 5.12. The van der Waals surface area contributed by atoms with Gasteiger partial charge in [0.15, 0.2) is 0 Å². The van der Waals surface area contributed by atoms with E-state index < -0.39 is 17.7 Å². The number of amides is 3. The van der Waals surface area contributed by atoms with Crippen LogP contribution in [0.1, 0.15) is 27.6 Å². The minimum absolute atomic E-state index is 0.299. The molecule has 2 aromatic rings. The van der Waals surface area contributed by atoms with E-state index in [1.165, 1.54) is 6.07 Å². The topological polar surface area (TPSA) is 96.5 Å². The molecule has 2 aromatic carbocycles. The third-order valence-electron chi connectivity index (χ3n) is 3.24. The number of rotatable bonds is 6. The Balaban J connectivity index is 1.83. The molecule has 8 heteroatoms. The summed E-state index contributed by atoms with van der Waals surface area (Å²) in [6, 6.07) is 13.0. The Bertz CT molecular complexity index is 811. The van der Waals surface area contributed by atoms with Crippen molar-refractivity contribution in [3.63, 3.8) is 0 Å². The summed E-state index contributed by atoms with van der Waals surface area (Å²) in [6.07, 6.45) is 0. The lowest BCUT2D eigenvalue weighted by atomic mass is 10.2. The Morgan fingerprint density at radius 1 is 1.00 bits per heavy atom. The average Bonchev–Trinajstić information content (AvgIpc) is 2.65. The molecule has 0 atom stereocenters. The molecule has 3 N–H and O–H groups in total. The molecule has 0 saturated heterocycles. The first-order valence-corrected chi connectivity index (χ1v) is 8.24.